The van der Waals surface area contributed by atoms with Gasteiger partial charge in [0.1, 0.15) is 11.9 Å². The zero-order chi connectivity index (χ0) is 18.4. The number of rotatable bonds is 5. The lowest BCUT2D eigenvalue weighted by Crippen LogP contribution is -2.48. The monoisotopic (exact) mass is 359 g/mol. The van der Waals surface area contributed by atoms with Crippen LogP contribution in [0, 0.1) is 5.82 Å². The van der Waals surface area contributed by atoms with Gasteiger partial charge in [-0.15, -0.1) is 0 Å². The molecule has 1 aromatic carbocycles. The van der Waals surface area contributed by atoms with E-state index < -0.39 is 0 Å². The molecule has 1 saturated heterocycles. The average Bonchev–Trinajstić information content (AvgIpc) is 3.08. The lowest BCUT2D eigenvalue weighted by molar-refractivity contribution is -0.00803. The Morgan fingerprint density at radius 2 is 2.35 bits per heavy atom. The van der Waals surface area contributed by atoms with Crippen molar-refractivity contribution in [1.82, 2.24) is 20.0 Å². The molecule has 1 fully saturated rings. The molecule has 1 atom stereocenters. The van der Waals surface area contributed by atoms with Crippen LogP contribution in [0.5, 0.6) is 0 Å². The van der Waals surface area contributed by atoms with E-state index in [-0.39, 0.29) is 11.9 Å². The third-order valence-corrected chi connectivity index (χ3v) is 4.35. The maximum Gasteiger partial charge on any atom is 0.194 e. The van der Waals surface area contributed by atoms with Crippen LogP contribution in [0.3, 0.4) is 0 Å². The molecular formula is C19H26FN5O. The molecule has 2 aromatic rings. The van der Waals surface area contributed by atoms with Crippen molar-refractivity contribution in [2.45, 2.75) is 19.4 Å². The highest BCUT2D eigenvalue weighted by molar-refractivity contribution is 5.80. The Bertz CT molecular complexity index is 745. The fourth-order valence-electron chi connectivity index (χ4n) is 3.06. The van der Waals surface area contributed by atoms with E-state index in [4.69, 9.17) is 9.73 Å². The zero-order valence-corrected chi connectivity index (χ0v) is 15.4. The highest BCUT2D eigenvalue weighted by Gasteiger charge is 2.25. The molecule has 0 saturated carbocycles. The topological polar surface area (TPSA) is 54.7 Å². The molecule has 0 amide bonds. The van der Waals surface area contributed by atoms with E-state index in [1.165, 1.54) is 6.07 Å². The number of ether oxygens (including phenoxy) is 1. The first kappa shape index (κ1) is 18.4. The van der Waals surface area contributed by atoms with Crippen LogP contribution in [0.1, 0.15) is 24.2 Å². The van der Waals surface area contributed by atoms with Crippen molar-refractivity contribution >= 4 is 5.96 Å². The second kappa shape index (κ2) is 8.80. The van der Waals surface area contributed by atoms with Crippen molar-refractivity contribution in [3.8, 4) is 0 Å². The standard InChI is InChI=1S/C19H26FN5O/c1-3-21-19(22-8-7-15-5-4-6-17(20)11-15)25-9-10-26-18(14-25)16-12-23-24(2)13-16/h4-6,11-13,18H,3,7-10,14H2,1-2H3,(H,21,22). The molecule has 2 heterocycles. The smallest absolute Gasteiger partial charge is 0.194 e. The Morgan fingerprint density at radius 3 is 3.08 bits per heavy atom. The summed E-state index contributed by atoms with van der Waals surface area (Å²) in [6, 6.07) is 6.69. The van der Waals surface area contributed by atoms with Crippen molar-refractivity contribution in [3.63, 3.8) is 0 Å². The molecule has 6 nitrogen and oxygen atoms in total. The number of aryl methyl sites for hydroxylation is 1. The summed E-state index contributed by atoms with van der Waals surface area (Å²) < 4.78 is 21.0. The minimum Gasteiger partial charge on any atom is -0.370 e. The van der Waals surface area contributed by atoms with Gasteiger partial charge >= 0.3 is 0 Å². The van der Waals surface area contributed by atoms with Gasteiger partial charge in [-0.1, -0.05) is 12.1 Å². The fourth-order valence-corrected chi connectivity index (χ4v) is 3.06. The van der Waals surface area contributed by atoms with Crippen LogP contribution in [0.15, 0.2) is 41.7 Å². The van der Waals surface area contributed by atoms with Crippen molar-refractivity contribution in [2.24, 2.45) is 12.0 Å². The summed E-state index contributed by atoms with van der Waals surface area (Å²) in [6.45, 7) is 5.64. The molecule has 1 N–H and O–H groups in total. The highest BCUT2D eigenvalue weighted by Crippen LogP contribution is 2.21. The second-order valence-corrected chi connectivity index (χ2v) is 6.37. The first-order valence-corrected chi connectivity index (χ1v) is 9.03. The Balaban J connectivity index is 1.64. The van der Waals surface area contributed by atoms with E-state index in [1.807, 2.05) is 25.5 Å². The van der Waals surface area contributed by atoms with Crippen molar-refractivity contribution < 1.29 is 9.13 Å². The summed E-state index contributed by atoms with van der Waals surface area (Å²) in [5.74, 6) is 0.673. The first-order chi connectivity index (χ1) is 12.7. The summed E-state index contributed by atoms with van der Waals surface area (Å²) in [4.78, 5) is 6.95. The van der Waals surface area contributed by atoms with Gasteiger partial charge in [-0.05, 0) is 31.0 Å². The third kappa shape index (κ3) is 4.82. The molecule has 26 heavy (non-hydrogen) atoms. The summed E-state index contributed by atoms with van der Waals surface area (Å²) in [6.07, 6.45) is 4.54. The van der Waals surface area contributed by atoms with Crippen molar-refractivity contribution in [1.29, 1.82) is 0 Å². The molecule has 1 aliphatic heterocycles. The van der Waals surface area contributed by atoms with Crippen molar-refractivity contribution in [2.75, 3.05) is 32.8 Å². The number of guanidine groups is 1. The summed E-state index contributed by atoms with van der Waals surface area (Å²) >= 11 is 0. The number of hydrogen-bond donors (Lipinski definition) is 1. The Morgan fingerprint density at radius 1 is 1.46 bits per heavy atom. The summed E-state index contributed by atoms with van der Waals surface area (Å²) in [5.41, 5.74) is 2.03. The number of aliphatic imine (C=N–C) groups is 1. The van der Waals surface area contributed by atoms with Crippen LogP contribution in [-0.4, -0.2) is 53.4 Å². The molecule has 0 radical (unpaired) electrons. The maximum atomic E-state index is 13.3. The quantitative estimate of drug-likeness (QED) is 0.656. The molecular weight excluding hydrogens is 333 g/mol. The van der Waals surface area contributed by atoms with Crippen LogP contribution in [0.2, 0.25) is 0 Å². The van der Waals surface area contributed by atoms with Crippen molar-refractivity contribution in [3.05, 3.63) is 53.6 Å². The fraction of sp³-hybridized carbons (Fsp3) is 0.474. The Hall–Kier alpha value is -2.41. The molecule has 1 aromatic heterocycles. The predicted octanol–water partition coefficient (Wildman–Crippen LogP) is 2.14. The molecule has 1 unspecified atom stereocenters. The Kier molecular flexibility index (Phi) is 6.22. The third-order valence-electron chi connectivity index (χ3n) is 4.35. The van der Waals surface area contributed by atoms with Gasteiger partial charge in [0.2, 0.25) is 0 Å². The van der Waals surface area contributed by atoms with Crippen LogP contribution in [-0.2, 0) is 18.2 Å². The average molecular weight is 359 g/mol. The SMILES string of the molecule is CCNC(=NCCc1cccc(F)c1)N1CCOC(c2cnn(C)c2)C1. The van der Waals surface area contributed by atoms with E-state index in [0.29, 0.717) is 19.6 Å². The number of morpholine rings is 1. The molecule has 0 spiro atoms. The minimum absolute atomic E-state index is 0.00970. The minimum atomic E-state index is -0.203. The number of halogens is 1. The van der Waals surface area contributed by atoms with Gasteiger partial charge < -0.3 is 15.0 Å². The van der Waals surface area contributed by atoms with Gasteiger partial charge in [-0.25, -0.2) is 4.39 Å². The van der Waals surface area contributed by atoms with E-state index in [9.17, 15) is 4.39 Å². The maximum absolute atomic E-state index is 13.3. The van der Waals surface area contributed by atoms with Gasteiger partial charge in [0.25, 0.3) is 0 Å². The lowest BCUT2D eigenvalue weighted by Gasteiger charge is -2.34. The first-order valence-electron chi connectivity index (χ1n) is 9.03. The van der Waals surface area contributed by atoms with Crippen LogP contribution in [0.25, 0.3) is 0 Å². The summed E-state index contributed by atoms with van der Waals surface area (Å²) in [7, 11) is 1.90. The van der Waals surface area contributed by atoms with E-state index >= 15 is 0 Å². The number of hydrogen-bond acceptors (Lipinski definition) is 3. The van der Waals surface area contributed by atoms with Gasteiger partial charge in [0.15, 0.2) is 5.96 Å². The van der Waals surface area contributed by atoms with Crippen LogP contribution >= 0.6 is 0 Å². The molecule has 7 heteroatoms. The molecule has 0 bridgehead atoms. The van der Waals surface area contributed by atoms with Gasteiger partial charge in [0.05, 0.1) is 19.3 Å². The Labute approximate surface area is 153 Å². The molecule has 1 aliphatic rings. The normalized spacial score (nSPS) is 18.2. The van der Waals surface area contributed by atoms with Gasteiger partial charge in [0, 0.05) is 38.4 Å². The number of benzene rings is 1. The zero-order valence-electron chi connectivity index (χ0n) is 15.4. The predicted molar refractivity (Wildman–Crippen MR) is 99.6 cm³/mol. The van der Waals surface area contributed by atoms with E-state index in [1.54, 1.807) is 16.8 Å². The molecule has 3 rings (SSSR count). The van der Waals surface area contributed by atoms with Gasteiger partial charge in [-0.2, -0.15) is 5.10 Å². The largest absolute Gasteiger partial charge is 0.370 e. The highest BCUT2D eigenvalue weighted by atomic mass is 19.1. The van der Waals surface area contributed by atoms with E-state index in [0.717, 1.165) is 36.7 Å². The number of nitrogens with zero attached hydrogens (tertiary/aromatic N) is 4. The summed E-state index contributed by atoms with van der Waals surface area (Å²) in [5, 5.41) is 7.58. The number of nitrogens with one attached hydrogen (secondary N) is 1. The van der Waals surface area contributed by atoms with Gasteiger partial charge in [-0.3, -0.25) is 9.67 Å². The number of aromatic nitrogens is 2. The van der Waals surface area contributed by atoms with Crippen LogP contribution < -0.4 is 5.32 Å². The van der Waals surface area contributed by atoms with E-state index in [2.05, 4.69) is 22.2 Å². The van der Waals surface area contributed by atoms with Crippen LogP contribution in [0.4, 0.5) is 4.39 Å². The lowest BCUT2D eigenvalue weighted by atomic mass is 10.1. The second-order valence-electron chi connectivity index (χ2n) is 6.37. The molecule has 140 valence electrons. The molecule has 0 aliphatic carbocycles.